The van der Waals surface area contributed by atoms with Gasteiger partial charge >= 0.3 is 5.97 Å². The van der Waals surface area contributed by atoms with Gasteiger partial charge in [-0.3, -0.25) is 14.4 Å². The third kappa shape index (κ3) is 6.81. The summed E-state index contributed by atoms with van der Waals surface area (Å²) >= 11 is 0. The maximum Gasteiger partial charge on any atom is 0.303 e. The van der Waals surface area contributed by atoms with Gasteiger partial charge in [0.2, 0.25) is 0 Å². The molecule has 0 spiro atoms. The molecule has 3 aromatic carbocycles. The quantitative estimate of drug-likeness (QED) is 0.362. The molecule has 0 atom stereocenters. The van der Waals surface area contributed by atoms with Crippen LogP contribution < -0.4 is 15.4 Å². The van der Waals surface area contributed by atoms with Crippen molar-refractivity contribution in [2.24, 2.45) is 5.92 Å². The fraction of sp³-hybridized carbons (Fsp3) is 0.321. The first kappa shape index (κ1) is 26.1. The molecule has 3 aromatic rings. The third-order valence-corrected chi connectivity index (χ3v) is 6.52. The lowest BCUT2D eigenvalue weighted by Crippen LogP contribution is -2.35. The van der Waals surface area contributed by atoms with Crippen LogP contribution in [0.3, 0.4) is 0 Å². The summed E-state index contributed by atoms with van der Waals surface area (Å²) in [5.74, 6) is -3.97. The van der Waals surface area contributed by atoms with Crippen LogP contribution in [0.25, 0.3) is 10.8 Å². The number of halogens is 2. The van der Waals surface area contributed by atoms with Crippen LogP contribution in [0.2, 0.25) is 0 Å². The molecule has 1 saturated carbocycles. The van der Waals surface area contributed by atoms with Crippen molar-refractivity contribution in [3.63, 3.8) is 0 Å². The summed E-state index contributed by atoms with van der Waals surface area (Å²) in [4.78, 5) is 35.6. The number of benzene rings is 3. The van der Waals surface area contributed by atoms with E-state index in [1.807, 2.05) is 30.3 Å². The molecule has 9 heteroatoms. The van der Waals surface area contributed by atoms with Crippen molar-refractivity contribution in [3.05, 3.63) is 77.4 Å². The number of amides is 2. The molecule has 0 aromatic heterocycles. The Morgan fingerprint density at radius 2 is 1.51 bits per heavy atom. The monoisotopic (exact) mass is 510 g/mol. The van der Waals surface area contributed by atoms with E-state index in [1.165, 1.54) is 0 Å². The SMILES string of the molecule is O=C(O)CC1CCC(Oc2cc(F)c(C(=O)NCCNC(=O)c3ccc4ccccc4c3)cc2F)CC1. The molecule has 4 rings (SSSR count). The Kier molecular flexibility index (Phi) is 8.32. The van der Waals surface area contributed by atoms with Crippen molar-refractivity contribution in [1.29, 1.82) is 0 Å². The van der Waals surface area contributed by atoms with E-state index in [4.69, 9.17) is 9.84 Å². The first-order valence-corrected chi connectivity index (χ1v) is 12.2. The van der Waals surface area contributed by atoms with E-state index in [-0.39, 0.29) is 43.2 Å². The number of hydrogen-bond donors (Lipinski definition) is 3. The van der Waals surface area contributed by atoms with E-state index in [2.05, 4.69) is 10.6 Å². The minimum atomic E-state index is -0.923. The van der Waals surface area contributed by atoms with Gasteiger partial charge in [0.25, 0.3) is 11.8 Å². The number of carboxylic acids is 1. The van der Waals surface area contributed by atoms with E-state index in [0.29, 0.717) is 31.2 Å². The highest BCUT2D eigenvalue weighted by Crippen LogP contribution is 2.31. The molecule has 0 aliphatic heterocycles. The molecule has 1 aliphatic rings. The van der Waals surface area contributed by atoms with Crippen molar-refractivity contribution < 1.29 is 33.0 Å². The molecule has 2 amide bonds. The maximum atomic E-state index is 14.6. The molecule has 0 radical (unpaired) electrons. The molecule has 3 N–H and O–H groups in total. The van der Waals surface area contributed by atoms with Crippen LogP contribution in [0.1, 0.15) is 52.8 Å². The lowest BCUT2D eigenvalue weighted by Gasteiger charge is -2.28. The van der Waals surface area contributed by atoms with Crippen molar-refractivity contribution in [2.45, 2.75) is 38.2 Å². The van der Waals surface area contributed by atoms with Gasteiger partial charge in [-0.05, 0) is 60.6 Å². The first-order chi connectivity index (χ1) is 17.8. The standard InChI is InChI=1S/C28H28F2N2O5/c29-23-16-25(37-21-9-5-17(6-10-21)13-26(33)34)24(30)15-22(23)28(36)32-12-11-31-27(35)20-8-7-18-3-1-2-4-19(18)14-20/h1-4,7-8,14-17,21H,5-6,9-13H2,(H,31,35)(H,32,36)(H,33,34). The van der Waals surface area contributed by atoms with Gasteiger partial charge in [-0.15, -0.1) is 0 Å². The third-order valence-electron chi connectivity index (χ3n) is 6.52. The molecule has 194 valence electrons. The van der Waals surface area contributed by atoms with Crippen LogP contribution in [0.4, 0.5) is 8.78 Å². The molecule has 0 saturated heterocycles. The van der Waals surface area contributed by atoms with E-state index in [0.717, 1.165) is 22.9 Å². The number of carboxylic acid groups (broad SMARTS) is 1. The number of aliphatic carboxylic acids is 1. The van der Waals surface area contributed by atoms with Gasteiger partial charge in [0, 0.05) is 31.1 Å². The minimum absolute atomic E-state index is 0.0248. The highest BCUT2D eigenvalue weighted by atomic mass is 19.1. The summed E-state index contributed by atoms with van der Waals surface area (Å²) in [5, 5.41) is 16.0. The second-order valence-corrected chi connectivity index (χ2v) is 9.19. The summed E-state index contributed by atoms with van der Waals surface area (Å²) in [5.41, 5.74) is 0.0139. The molecule has 37 heavy (non-hydrogen) atoms. The van der Waals surface area contributed by atoms with Crippen molar-refractivity contribution in [2.75, 3.05) is 13.1 Å². The molecule has 1 fully saturated rings. The van der Waals surface area contributed by atoms with Gasteiger partial charge in [0.1, 0.15) is 5.82 Å². The lowest BCUT2D eigenvalue weighted by atomic mass is 9.85. The maximum absolute atomic E-state index is 14.6. The number of nitrogens with one attached hydrogen (secondary N) is 2. The Morgan fingerprint density at radius 3 is 2.22 bits per heavy atom. The van der Waals surface area contributed by atoms with Crippen LogP contribution in [0, 0.1) is 17.6 Å². The van der Waals surface area contributed by atoms with Crippen LogP contribution in [-0.4, -0.2) is 42.1 Å². The molecular weight excluding hydrogens is 482 g/mol. The molecular formula is C28H28F2N2O5. The summed E-state index contributed by atoms with van der Waals surface area (Å²) in [6.07, 6.45) is 2.12. The molecule has 7 nitrogen and oxygen atoms in total. The van der Waals surface area contributed by atoms with E-state index < -0.39 is 29.1 Å². The minimum Gasteiger partial charge on any atom is -0.487 e. The zero-order valence-corrected chi connectivity index (χ0v) is 20.1. The normalized spacial score (nSPS) is 17.2. The first-order valence-electron chi connectivity index (χ1n) is 12.2. The van der Waals surface area contributed by atoms with Crippen LogP contribution in [0.5, 0.6) is 5.75 Å². The largest absolute Gasteiger partial charge is 0.487 e. The highest BCUT2D eigenvalue weighted by molar-refractivity contribution is 5.98. The topological polar surface area (TPSA) is 105 Å². The van der Waals surface area contributed by atoms with Gasteiger partial charge in [-0.2, -0.15) is 0 Å². The fourth-order valence-corrected chi connectivity index (χ4v) is 4.55. The number of hydrogen-bond acceptors (Lipinski definition) is 4. The average molecular weight is 511 g/mol. The Morgan fingerprint density at radius 1 is 0.838 bits per heavy atom. The predicted octanol–water partition coefficient (Wildman–Crippen LogP) is 4.69. The van der Waals surface area contributed by atoms with Crippen molar-refractivity contribution in [3.8, 4) is 5.75 Å². The van der Waals surface area contributed by atoms with E-state index in [9.17, 15) is 23.2 Å². The second kappa shape index (κ2) is 11.8. The van der Waals surface area contributed by atoms with Crippen LogP contribution in [-0.2, 0) is 4.79 Å². The van der Waals surface area contributed by atoms with Gasteiger partial charge in [-0.25, -0.2) is 8.78 Å². The highest BCUT2D eigenvalue weighted by Gasteiger charge is 2.26. The lowest BCUT2D eigenvalue weighted by molar-refractivity contribution is -0.138. The second-order valence-electron chi connectivity index (χ2n) is 9.19. The van der Waals surface area contributed by atoms with Gasteiger partial charge in [0.05, 0.1) is 11.7 Å². The zero-order chi connectivity index (χ0) is 26.4. The Labute approximate surface area is 212 Å². The smallest absolute Gasteiger partial charge is 0.303 e. The molecule has 0 heterocycles. The van der Waals surface area contributed by atoms with Gasteiger partial charge in [0.15, 0.2) is 11.6 Å². The summed E-state index contributed by atoms with van der Waals surface area (Å²) < 4.78 is 34.8. The van der Waals surface area contributed by atoms with E-state index in [1.54, 1.807) is 12.1 Å². The van der Waals surface area contributed by atoms with Crippen LogP contribution >= 0.6 is 0 Å². The van der Waals surface area contributed by atoms with Crippen molar-refractivity contribution in [1.82, 2.24) is 10.6 Å². The van der Waals surface area contributed by atoms with E-state index >= 15 is 0 Å². The number of ether oxygens (including phenoxy) is 1. The number of carbonyl (C=O) groups excluding carboxylic acids is 2. The molecule has 0 bridgehead atoms. The number of rotatable bonds is 9. The predicted molar refractivity (Wildman–Crippen MR) is 134 cm³/mol. The van der Waals surface area contributed by atoms with Crippen molar-refractivity contribution >= 4 is 28.6 Å². The molecule has 1 aliphatic carbocycles. The summed E-state index contributed by atoms with van der Waals surface area (Å²) in [6, 6.07) is 14.6. The van der Waals surface area contributed by atoms with Crippen LogP contribution in [0.15, 0.2) is 54.6 Å². The Hall–Kier alpha value is -4.01. The zero-order valence-electron chi connectivity index (χ0n) is 20.1. The van der Waals surface area contributed by atoms with Gasteiger partial charge < -0.3 is 20.5 Å². The molecule has 0 unspecified atom stereocenters. The Bertz CT molecular complexity index is 1300. The average Bonchev–Trinajstić information content (AvgIpc) is 2.88. The Balaban J connectivity index is 1.26. The summed E-state index contributed by atoms with van der Waals surface area (Å²) in [6.45, 7) is 0.129. The number of carbonyl (C=O) groups is 3. The fourth-order valence-electron chi connectivity index (χ4n) is 4.55. The summed E-state index contributed by atoms with van der Waals surface area (Å²) in [7, 11) is 0. The number of fused-ring (bicyclic) bond motifs is 1. The van der Waals surface area contributed by atoms with Gasteiger partial charge in [-0.1, -0.05) is 30.3 Å².